The summed E-state index contributed by atoms with van der Waals surface area (Å²) in [5, 5.41) is 13.0. The molecule has 11 heteroatoms. The van der Waals surface area contributed by atoms with Gasteiger partial charge in [0, 0.05) is 36.8 Å². The minimum Gasteiger partial charge on any atom is -0.488 e. The number of rotatable bonds is 8. The van der Waals surface area contributed by atoms with Crippen molar-refractivity contribution in [1.82, 2.24) is 15.1 Å². The second kappa shape index (κ2) is 13.6. The first-order valence-electron chi connectivity index (χ1n) is 14.4. The second-order valence-electron chi connectivity index (χ2n) is 11.3. The first kappa shape index (κ1) is 30.6. The Balaban J connectivity index is 1.59. The van der Waals surface area contributed by atoms with Gasteiger partial charge in [-0.3, -0.25) is 9.52 Å². The molecule has 1 aliphatic carbocycles. The monoisotopic (exact) mass is 586 g/mol. The van der Waals surface area contributed by atoms with Gasteiger partial charge < -0.3 is 25.0 Å². The van der Waals surface area contributed by atoms with Gasteiger partial charge in [-0.25, -0.2) is 13.2 Å². The van der Waals surface area contributed by atoms with Crippen LogP contribution in [0, 0.1) is 5.92 Å². The van der Waals surface area contributed by atoms with E-state index < -0.39 is 22.2 Å². The first-order chi connectivity index (χ1) is 19.6. The lowest BCUT2D eigenvalue weighted by Crippen LogP contribution is -2.50. The third kappa shape index (κ3) is 7.91. The fraction of sp³-hybridized carbons (Fsp3) is 0.533. The Morgan fingerprint density at radius 2 is 1.85 bits per heavy atom. The summed E-state index contributed by atoms with van der Waals surface area (Å²) >= 11 is 0. The van der Waals surface area contributed by atoms with Gasteiger partial charge in [0.25, 0.3) is 10.0 Å². The maximum absolute atomic E-state index is 13.5. The van der Waals surface area contributed by atoms with Crippen LogP contribution in [0.2, 0.25) is 0 Å². The van der Waals surface area contributed by atoms with Crippen molar-refractivity contribution >= 4 is 27.6 Å². The lowest BCUT2D eigenvalue weighted by atomic mass is 9.96. The highest BCUT2D eigenvalue weighted by atomic mass is 32.2. The highest BCUT2D eigenvalue weighted by molar-refractivity contribution is 7.92. The molecule has 3 atom stereocenters. The van der Waals surface area contributed by atoms with Crippen LogP contribution in [0.5, 0.6) is 5.75 Å². The molecule has 1 fully saturated rings. The van der Waals surface area contributed by atoms with Crippen molar-refractivity contribution in [2.45, 2.75) is 75.5 Å². The number of likely N-dealkylation sites (N-methyl/N-ethyl adjacent to an activating group) is 1. The standard InChI is InChI=1S/C30H42N4O6S/c1-21-18-34(22(2)20-35)29(36)17-23-16-25(32-41(38,39)26-12-8-5-9-13-26)14-15-27(23)40-28(21)19-33(3)30(37)31-24-10-6-4-7-11-24/h5,8-9,12-16,21-22,24,28,32,35H,4,6-7,10-11,17-20H2,1-3H3,(H,31,37)/t21-,22+,28+/m1/s1. The molecular weight excluding hydrogens is 544 g/mol. The van der Waals surface area contributed by atoms with Gasteiger partial charge in [0.05, 0.1) is 30.5 Å². The van der Waals surface area contributed by atoms with E-state index in [1.165, 1.54) is 18.6 Å². The minimum absolute atomic E-state index is 0.0297. The summed E-state index contributed by atoms with van der Waals surface area (Å²) in [5.41, 5.74) is 0.824. The van der Waals surface area contributed by atoms with E-state index in [0.717, 1.165) is 25.7 Å². The van der Waals surface area contributed by atoms with Gasteiger partial charge in [-0.1, -0.05) is 44.4 Å². The molecule has 41 heavy (non-hydrogen) atoms. The summed E-state index contributed by atoms with van der Waals surface area (Å²) < 4.78 is 34.9. The number of carbonyl (C=O) groups is 2. The molecule has 3 N–H and O–H groups in total. The summed E-state index contributed by atoms with van der Waals surface area (Å²) in [5.74, 6) is 0.0907. The van der Waals surface area contributed by atoms with Crippen LogP contribution in [0.1, 0.15) is 51.5 Å². The van der Waals surface area contributed by atoms with Crippen LogP contribution in [-0.2, 0) is 21.2 Å². The SMILES string of the molecule is C[C@@H]1CN([C@@H](C)CO)C(=O)Cc2cc(NS(=O)(=O)c3ccccc3)ccc2O[C@H]1CN(C)C(=O)NC1CCCCC1. The predicted octanol–water partition coefficient (Wildman–Crippen LogP) is 3.61. The van der Waals surface area contributed by atoms with Crippen molar-refractivity contribution in [3.8, 4) is 5.75 Å². The number of amides is 3. The smallest absolute Gasteiger partial charge is 0.317 e. The van der Waals surface area contributed by atoms with Crippen LogP contribution >= 0.6 is 0 Å². The van der Waals surface area contributed by atoms with Gasteiger partial charge in [-0.15, -0.1) is 0 Å². The molecule has 0 bridgehead atoms. The fourth-order valence-electron chi connectivity index (χ4n) is 5.41. The van der Waals surface area contributed by atoms with Gasteiger partial charge in [-0.2, -0.15) is 0 Å². The van der Waals surface area contributed by atoms with E-state index in [9.17, 15) is 23.1 Å². The molecule has 1 aliphatic heterocycles. The molecule has 2 aromatic carbocycles. The third-order valence-electron chi connectivity index (χ3n) is 7.96. The van der Waals surface area contributed by atoms with Crippen molar-refractivity contribution in [2.24, 2.45) is 5.92 Å². The number of benzene rings is 2. The third-order valence-corrected chi connectivity index (χ3v) is 9.35. The summed E-state index contributed by atoms with van der Waals surface area (Å²) in [7, 11) is -2.09. The molecule has 3 amide bonds. The van der Waals surface area contributed by atoms with Gasteiger partial charge in [0.1, 0.15) is 11.9 Å². The zero-order valence-corrected chi connectivity index (χ0v) is 24.9. The van der Waals surface area contributed by atoms with E-state index >= 15 is 0 Å². The predicted molar refractivity (Wildman–Crippen MR) is 157 cm³/mol. The molecule has 0 saturated heterocycles. The molecule has 0 aromatic heterocycles. The Morgan fingerprint density at radius 3 is 2.54 bits per heavy atom. The topological polar surface area (TPSA) is 128 Å². The highest BCUT2D eigenvalue weighted by Gasteiger charge is 2.32. The molecule has 4 rings (SSSR count). The van der Waals surface area contributed by atoms with E-state index in [4.69, 9.17) is 4.74 Å². The number of carbonyl (C=O) groups excluding carboxylic acids is 2. The Morgan fingerprint density at radius 1 is 1.15 bits per heavy atom. The number of fused-ring (bicyclic) bond motifs is 1. The minimum atomic E-state index is -3.83. The van der Waals surface area contributed by atoms with E-state index in [1.807, 2.05) is 6.92 Å². The lowest BCUT2D eigenvalue weighted by molar-refractivity contribution is -0.134. The van der Waals surface area contributed by atoms with Crippen molar-refractivity contribution in [3.63, 3.8) is 0 Å². The number of nitrogens with one attached hydrogen (secondary N) is 2. The Bertz CT molecular complexity index is 1300. The number of urea groups is 1. The molecular formula is C30H42N4O6S. The van der Waals surface area contributed by atoms with Gasteiger partial charge in [-0.05, 0) is 50.1 Å². The van der Waals surface area contributed by atoms with Crippen LogP contribution in [0.3, 0.4) is 0 Å². The summed E-state index contributed by atoms with van der Waals surface area (Å²) in [6.07, 6.45) is 4.91. The molecule has 224 valence electrons. The van der Waals surface area contributed by atoms with Crippen LogP contribution in [0.15, 0.2) is 53.4 Å². The zero-order chi connectivity index (χ0) is 29.6. The van der Waals surface area contributed by atoms with Crippen LogP contribution in [0.25, 0.3) is 0 Å². The Labute approximate surface area is 243 Å². The molecule has 2 aliphatic rings. The largest absolute Gasteiger partial charge is 0.488 e. The average molecular weight is 587 g/mol. The fourth-order valence-corrected chi connectivity index (χ4v) is 6.48. The normalized spacial score (nSPS) is 21.0. The molecule has 0 spiro atoms. The van der Waals surface area contributed by atoms with E-state index in [1.54, 1.807) is 60.2 Å². The maximum atomic E-state index is 13.5. The highest BCUT2D eigenvalue weighted by Crippen LogP contribution is 2.30. The first-order valence-corrected chi connectivity index (χ1v) is 15.8. The number of aliphatic hydroxyl groups is 1. The number of nitrogens with zero attached hydrogens (tertiary/aromatic N) is 2. The quantitative estimate of drug-likeness (QED) is 0.434. The van der Waals surface area contributed by atoms with Gasteiger partial charge in [0.15, 0.2) is 0 Å². The number of sulfonamides is 1. The number of anilines is 1. The van der Waals surface area contributed by atoms with Crippen molar-refractivity contribution < 1.29 is 27.9 Å². The van der Waals surface area contributed by atoms with Crippen molar-refractivity contribution in [1.29, 1.82) is 0 Å². The average Bonchev–Trinajstić information content (AvgIpc) is 3.01. The van der Waals surface area contributed by atoms with Crippen LogP contribution in [-0.4, -0.2) is 80.2 Å². The van der Waals surface area contributed by atoms with Crippen molar-refractivity contribution in [3.05, 3.63) is 54.1 Å². The zero-order valence-electron chi connectivity index (χ0n) is 24.1. The summed E-state index contributed by atoms with van der Waals surface area (Å²) in [6.45, 7) is 4.18. The number of ether oxygens (including phenoxy) is 1. The molecule has 1 heterocycles. The van der Waals surface area contributed by atoms with Crippen molar-refractivity contribution in [2.75, 3.05) is 31.5 Å². The molecule has 0 unspecified atom stereocenters. The molecule has 0 radical (unpaired) electrons. The van der Waals surface area contributed by atoms with E-state index in [2.05, 4.69) is 10.0 Å². The van der Waals surface area contributed by atoms with E-state index in [0.29, 0.717) is 23.5 Å². The Hall–Kier alpha value is -3.31. The second-order valence-corrected chi connectivity index (χ2v) is 13.0. The number of aliphatic hydroxyl groups excluding tert-OH is 1. The van der Waals surface area contributed by atoms with Crippen LogP contribution < -0.4 is 14.8 Å². The Kier molecular flexibility index (Phi) is 10.1. The van der Waals surface area contributed by atoms with Gasteiger partial charge in [0.2, 0.25) is 5.91 Å². The lowest BCUT2D eigenvalue weighted by Gasteiger charge is -2.34. The van der Waals surface area contributed by atoms with Gasteiger partial charge >= 0.3 is 6.03 Å². The maximum Gasteiger partial charge on any atom is 0.317 e. The summed E-state index contributed by atoms with van der Waals surface area (Å²) in [6, 6.07) is 12.5. The number of hydrogen-bond acceptors (Lipinski definition) is 6. The molecule has 2 aromatic rings. The molecule has 1 saturated carbocycles. The summed E-state index contributed by atoms with van der Waals surface area (Å²) in [4.78, 5) is 29.9. The van der Waals surface area contributed by atoms with E-state index in [-0.39, 0.29) is 48.4 Å². The number of hydrogen-bond donors (Lipinski definition) is 3. The van der Waals surface area contributed by atoms with Crippen LogP contribution in [0.4, 0.5) is 10.5 Å². The molecule has 10 nitrogen and oxygen atoms in total.